The molecule has 0 spiro atoms. The highest BCUT2D eigenvalue weighted by Crippen LogP contribution is 2.26. The molecule has 1 heterocycles. The molecule has 0 radical (unpaired) electrons. The lowest BCUT2D eigenvalue weighted by atomic mass is 9.81. The van der Waals surface area contributed by atoms with E-state index in [4.69, 9.17) is 0 Å². The highest BCUT2D eigenvalue weighted by molar-refractivity contribution is 7.13. The number of hydrogen-bond acceptors (Lipinski definition) is 5. The van der Waals surface area contributed by atoms with Crippen molar-refractivity contribution in [3.8, 4) is 0 Å². The van der Waals surface area contributed by atoms with Gasteiger partial charge in [-0.15, -0.1) is 11.3 Å². The molecular weight excluding hydrogens is 453 g/mol. The Labute approximate surface area is 205 Å². The van der Waals surface area contributed by atoms with Crippen molar-refractivity contribution in [3.63, 3.8) is 0 Å². The number of hydrogen-bond donors (Lipinski definition) is 3. The van der Waals surface area contributed by atoms with Crippen molar-refractivity contribution >= 4 is 28.4 Å². The number of rotatable bonds is 10. The Hall–Kier alpha value is -2.52. The first-order valence-electron chi connectivity index (χ1n) is 12.0. The Kier molecular flexibility index (Phi) is 9.83. The third-order valence-electron chi connectivity index (χ3n) is 6.30. The molecule has 3 amide bonds. The quantitative estimate of drug-likeness (QED) is 0.463. The molecule has 7 nitrogen and oxygen atoms in total. The topological polar surface area (TPSA) is 86.4 Å². The van der Waals surface area contributed by atoms with E-state index < -0.39 is 0 Å². The summed E-state index contributed by atoms with van der Waals surface area (Å²) >= 11 is 1.40. The number of urea groups is 1. The van der Waals surface area contributed by atoms with Crippen LogP contribution in [0.5, 0.6) is 0 Å². The Morgan fingerprint density at radius 3 is 2.65 bits per heavy atom. The number of benzene rings is 1. The minimum absolute atomic E-state index is 0.0443. The van der Waals surface area contributed by atoms with E-state index in [2.05, 4.69) is 32.9 Å². The monoisotopic (exact) mass is 489 g/mol. The third-order valence-corrected chi connectivity index (χ3v) is 7.18. The van der Waals surface area contributed by atoms with Crippen LogP contribution >= 0.6 is 11.3 Å². The molecule has 3 rings (SSSR count). The Bertz CT molecular complexity index is 936. The number of thiazole rings is 1. The van der Waals surface area contributed by atoms with Gasteiger partial charge in [-0.2, -0.15) is 0 Å². The maximum absolute atomic E-state index is 13.1. The molecule has 0 bridgehead atoms. The number of nitrogens with one attached hydrogen (secondary N) is 3. The van der Waals surface area contributed by atoms with Crippen LogP contribution in [0.15, 0.2) is 29.6 Å². The van der Waals surface area contributed by atoms with Crippen LogP contribution in [0.1, 0.15) is 50.3 Å². The zero-order valence-electron chi connectivity index (χ0n) is 20.3. The van der Waals surface area contributed by atoms with Crippen molar-refractivity contribution in [2.45, 2.75) is 64.5 Å². The van der Waals surface area contributed by atoms with Crippen LogP contribution < -0.4 is 16.0 Å². The summed E-state index contributed by atoms with van der Waals surface area (Å²) in [6, 6.07) is 6.45. The van der Waals surface area contributed by atoms with Crippen LogP contribution in [0.2, 0.25) is 0 Å². The molecule has 0 saturated heterocycles. The van der Waals surface area contributed by atoms with E-state index in [1.54, 1.807) is 0 Å². The van der Waals surface area contributed by atoms with Gasteiger partial charge < -0.3 is 15.5 Å². The van der Waals surface area contributed by atoms with E-state index in [1.165, 1.54) is 23.5 Å². The highest BCUT2D eigenvalue weighted by Gasteiger charge is 2.33. The predicted octanol–water partition coefficient (Wildman–Crippen LogP) is 4.34. The van der Waals surface area contributed by atoms with Gasteiger partial charge in [0, 0.05) is 30.4 Å². The molecule has 3 atom stereocenters. The van der Waals surface area contributed by atoms with Gasteiger partial charge in [0.25, 0.3) is 0 Å². The molecule has 1 aromatic carbocycles. The first kappa shape index (κ1) is 26.1. The summed E-state index contributed by atoms with van der Waals surface area (Å²) in [6.45, 7) is 5.52. The normalized spacial score (nSPS) is 20.2. The smallest absolute Gasteiger partial charge is 0.321 e. The van der Waals surface area contributed by atoms with Gasteiger partial charge in [-0.3, -0.25) is 10.1 Å². The number of carbonyl (C=O) groups is 2. The summed E-state index contributed by atoms with van der Waals surface area (Å²) in [7, 11) is 2.10. The first-order valence-corrected chi connectivity index (χ1v) is 12.9. The maximum atomic E-state index is 13.1. The molecule has 3 unspecified atom stereocenters. The lowest BCUT2D eigenvalue weighted by Gasteiger charge is -2.38. The molecule has 9 heteroatoms. The summed E-state index contributed by atoms with van der Waals surface area (Å²) in [5.41, 5.74) is 2.01. The van der Waals surface area contributed by atoms with Crippen LogP contribution in [0.25, 0.3) is 0 Å². The van der Waals surface area contributed by atoms with E-state index in [1.807, 2.05) is 31.4 Å². The zero-order valence-corrected chi connectivity index (χ0v) is 21.1. The Balaban J connectivity index is 1.54. The number of aryl methyl sites for hydroxylation is 2. The summed E-state index contributed by atoms with van der Waals surface area (Å²) in [5.74, 6) is 0.122. The first-order chi connectivity index (χ1) is 16.3. The van der Waals surface area contributed by atoms with Crippen molar-refractivity contribution in [1.82, 2.24) is 20.5 Å². The summed E-state index contributed by atoms with van der Waals surface area (Å²) in [5, 5.41) is 11.6. The van der Waals surface area contributed by atoms with Crippen molar-refractivity contribution in [1.29, 1.82) is 0 Å². The van der Waals surface area contributed by atoms with Crippen molar-refractivity contribution in [2.24, 2.45) is 5.92 Å². The number of anilines is 1. The standard InChI is InChI=1S/C25H36FN5O2S/c1-4-23(32)28-21-12-9-19(15-31(3)13-5-6-18-7-10-20(26)11-8-18)22(14-21)29-24(33)30-25-27-17(2)16-34-25/h7-8,10-11,16,19,21-22H,4-6,9,12-15H2,1-3H3,(H,28,32)(H2,27,29,30,33). The van der Waals surface area contributed by atoms with Gasteiger partial charge in [0.2, 0.25) is 5.91 Å². The summed E-state index contributed by atoms with van der Waals surface area (Å²) in [4.78, 5) is 31.2. The maximum Gasteiger partial charge on any atom is 0.321 e. The fraction of sp³-hybridized carbons (Fsp3) is 0.560. The molecule has 1 aliphatic carbocycles. The number of amides is 3. The lowest BCUT2D eigenvalue weighted by molar-refractivity contribution is -0.121. The molecule has 34 heavy (non-hydrogen) atoms. The van der Waals surface area contributed by atoms with Crippen LogP contribution in [0.4, 0.5) is 14.3 Å². The summed E-state index contributed by atoms with van der Waals surface area (Å²) < 4.78 is 13.1. The van der Waals surface area contributed by atoms with Gasteiger partial charge >= 0.3 is 6.03 Å². The van der Waals surface area contributed by atoms with Crippen LogP contribution in [0.3, 0.4) is 0 Å². The van der Waals surface area contributed by atoms with Gasteiger partial charge in [0.1, 0.15) is 5.82 Å². The van der Waals surface area contributed by atoms with Crippen molar-refractivity contribution in [2.75, 3.05) is 25.5 Å². The molecular formula is C25H36FN5O2S. The molecule has 2 aromatic rings. The Morgan fingerprint density at radius 1 is 1.21 bits per heavy atom. The van der Waals surface area contributed by atoms with Crippen molar-refractivity contribution in [3.05, 3.63) is 46.7 Å². The van der Waals surface area contributed by atoms with E-state index in [-0.39, 0.29) is 35.8 Å². The summed E-state index contributed by atoms with van der Waals surface area (Å²) in [6.07, 6.45) is 4.89. The average molecular weight is 490 g/mol. The molecule has 1 aromatic heterocycles. The molecule has 1 saturated carbocycles. The van der Waals surface area contributed by atoms with Gasteiger partial charge in [-0.25, -0.2) is 14.2 Å². The average Bonchev–Trinajstić information content (AvgIpc) is 3.21. The number of nitrogens with zero attached hydrogens (tertiary/aromatic N) is 2. The molecule has 3 N–H and O–H groups in total. The fourth-order valence-corrected chi connectivity index (χ4v) is 5.18. The number of carbonyl (C=O) groups excluding carboxylic acids is 2. The van der Waals surface area contributed by atoms with E-state index >= 15 is 0 Å². The fourth-order valence-electron chi connectivity index (χ4n) is 4.50. The molecule has 0 aliphatic heterocycles. The van der Waals surface area contributed by atoms with E-state index in [0.717, 1.165) is 50.0 Å². The van der Waals surface area contributed by atoms with Gasteiger partial charge in [-0.1, -0.05) is 19.1 Å². The molecule has 186 valence electrons. The second-order valence-corrected chi connectivity index (χ2v) is 10.0. The SMILES string of the molecule is CCC(=O)NC1CCC(CN(C)CCCc2ccc(F)cc2)C(NC(=O)Nc2nc(C)cs2)C1. The number of halogens is 1. The second-order valence-electron chi connectivity index (χ2n) is 9.18. The largest absolute Gasteiger partial charge is 0.353 e. The minimum atomic E-state index is -0.259. The van der Waals surface area contributed by atoms with E-state index in [0.29, 0.717) is 18.0 Å². The molecule has 1 fully saturated rings. The highest BCUT2D eigenvalue weighted by atomic mass is 32.1. The zero-order chi connectivity index (χ0) is 24.5. The predicted molar refractivity (Wildman–Crippen MR) is 135 cm³/mol. The van der Waals surface area contributed by atoms with Gasteiger partial charge in [0.15, 0.2) is 5.13 Å². The lowest BCUT2D eigenvalue weighted by Crippen LogP contribution is -2.53. The van der Waals surface area contributed by atoms with Crippen molar-refractivity contribution < 1.29 is 14.0 Å². The Morgan fingerprint density at radius 2 is 1.97 bits per heavy atom. The third kappa shape index (κ3) is 8.36. The van der Waals surface area contributed by atoms with Gasteiger partial charge in [-0.05, 0) is 76.2 Å². The molecule has 1 aliphatic rings. The van der Waals surface area contributed by atoms with Crippen LogP contribution in [-0.4, -0.2) is 54.0 Å². The van der Waals surface area contributed by atoms with E-state index in [9.17, 15) is 14.0 Å². The van der Waals surface area contributed by atoms with Crippen LogP contribution in [0, 0.1) is 18.7 Å². The van der Waals surface area contributed by atoms with Gasteiger partial charge in [0.05, 0.1) is 5.69 Å². The van der Waals surface area contributed by atoms with Crippen LogP contribution in [-0.2, 0) is 11.2 Å². The second kappa shape index (κ2) is 12.8. The minimum Gasteiger partial charge on any atom is -0.353 e. The number of aromatic nitrogens is 1.